The highest BCUT2D eigenvalue weighted by atomic mass is 28.3. The molecule has 2 N–H and O–H groups in total. The molecule has 0 amide bonds. The van der Waals surface area contributed by atoms with E-state index in [4.69, 9.17) is 4.74 Å². The minimum Gasteiger partial charge on any atom is -0.478 e. The largest absolute Gasteiger partial charge is 0.478 e. The zero-order valence-electron chi connectivity index (χ0n) is 13.1. The molecule has 115 valence electrons. The standard InChI is InChI=1S/C15H23N2O3Si/c1-15(14(18)19)16-12-7-5-6-8-13(12)17(15)11-20-9-10-21(2,3)4/h5,7-8,16H,9-11H2,1-4H3,(H,18,19). The molecule has 1 aromatic carbocycles. The van der Waals surface area contributed by atoms with Gasteiger partial charge in [-0.25, -0.2) is 4.79 Å². The molecule has 1 heterocycles. The summed E-state index contributed by atoms with van der Waals surface area (Å²) in [5.74, 6) is -0.924. The van der Waals surface area contributed by atoms with Crippen molar-refractivity contribution in [3.05, 3.63) is 24.3 Å². The molecular weight excluding hydrogens is 284 g/mol. The van der Waals surface area contributed by atoms with Crippen LogP contribution in [0.4, 0.5) is 11.4 Å². The number of carbonyl (C=O) groups is 1. The van der Waals surface area contributed by atoms with Gasteiger partial charge in [-0.05, 0) is 31.2 Å². The normalized spacial score (nSPS) is 21.0. The van der Waals surface area contributed by atoms with Gasteiger partial charge in [0.2, 0.25) is 5.66 Å². The van der Waals surface area contributed by atoms with Crippen LogP contribution in [0.5, 0.6) is 0 Å². The van der Waals surface area contributed by atoms with Crippen molar-refractivity contribution in [3.8, 4) is 0 Å². The maximum absolute atomic E-state index is 11.6. The molecular formula is C15H23N2O3Si. The van der Waals surface area contributed by atoms with Crippen molar-refractivity contribution in [1.29, 1.82) is 0 Å². The third kappa shape index (κ3) is 3.38. The van der Waals surface area contributed by atoms with Gasteiger partial charge in [0.15, 0.2) is 0 Å². The van der Waals surface area contributed by atoms with Gasteiger partial charge in [-0.2, -0.15) is 0 Å². The fourth-order valence-electron chi connectivity index (χ4n) is 2.22. The summed E-state index contributed by atoms with van der Waals surface area (Å²) in [5, 5.41) is 12.6. The predicted octanol–water partition coefficient (Wildman–Crippen LogP) is 2.83. The van der Waals surface area contributed by atoms with E-state index >= 15 is 0 Å². The molecule has 0 saturated heterocycles. The average Bonchev–Trinajstić information content (AvgIpc) is 2.67. The second-order valence-electron chi connectivity index (χ2n) is 6.72. The van der Waals surface area contributed by atoms with E-state index in [1.54, 1.807) is 24.0 Å². The quantitative estimate of drug-likeness (QED) is 0.625. The smallest absolute Gasteiger partial charge is 0.350 e. The molecule has 0 saturated carbocycles. The van der Waals surface area contributed by atoms with Crippen LogP contribution in [0.2, 0.25) is 25.7 Å². The molecule has 0 bridgehead atoms. The van der Waals surface area contributed by atoms with E-state index in [0.717, 1.165) is 17.4 Å². The number of fused-ring (bicyclic) bond motifs is 1. The maximum Gasteiger partial charge on any atom is 0.350 e. The summed E-state index contributed by atoms with van der Waals surface area (Å²) in [5.41, 5.74) is 0.430. The lowest BCUT2D eigenvalue weighted by Gasteiger charge is -2.33. The van der Waals surface area contributed by atoms with E-state index in [9.17, 15) is 9.90 Å². The van der Waals surface area contributed by atoms with Gasteiger partial charge in [-0.3, -0.25) is 0 Å². The van der Waals surface area contributed by atoms with Crippen LogP contribution < -0.4 is 10.2 Å². The number of benzene rings is 1. The molecule has 6 heteroatoms. The van der Waals surface area contributed by atoms with E-state index < -0.39 is 19.7 Å². The first kappa shape index (κ1) is 15.8. The maximum atomic E-state index is 11.6. The first-order valence-corrected chi connectivity index (χ1v) is 10.8. The SMILES string of the molecule is CC1(C(=O)O)Nc2cc[c]cc2N1COCC[Si](C)(C)C. The highest BCUT2D eigenvalue weighted by Gasteiger charge is 2.46. The Morgan fingerprint density at radius 1 is 1.52 bits per heavy atom. The third-order valence-corrected chi connectivity index (χ3v) is 5.39. The number of hydrogen-bond acceptors (Lipinski definition) is 4. The van der Waals surface area contributed by atoms with E-state index in [-0.39, 0.29) is 6.73 Å². The lowest BCUT2D eigenvalue weighted by molar-refractivity contribution is -0.142. The van der Waals surface area contributed by atoms with Crippen molar-refractivity contribution < 1.29 is 14.6 Å². The monoisotopic (exact) mass is 307 g/mol. The molecule has 1 aliphatic rings. The van der Waals surface area contributed by atoms with Crippen molar-refractivity contribution in [3.63, 3.8) is 0 Å². The second kappa shape index (κ2) is 5.69. The van der Waals surface area contributed by atoms with E-state index in [1.807, 2.05) is 6.07 Å². The Kier molecular flexibility index (Phi) is 4.29. The summed E-state index contributed by atoms with van der Waals surface area (Å²) in [4.78, 5) is 13.4. The van der Waals surface area contributed by atoms with E-state index in [1.165, 1.54) is 0 Å². The molecule has 21 heavy (non-hydrogen) atoms. The van der Waals surface area contributed by atoms with Gasteiger partial charge in [0.25, 0.3) is 0 Å². The van der Waals surface area contributed by atoms with Crippen molar-refractivity contribution in [2.75, 3.05) is 23.6 Å². The summed E-state index contributed by atoms with van der Waals surface area (Å²) < 4.78 is 5.74. The second-order valence-corrected chi connectivity index (χ2v) is 12.3. The van der Waals surface area contributed by atoms with Crippen molar-refractivity contribution >= 4 is 25.4 Å². The van der Waals surface area contributed by atoms with Crippen LogP contribution in [-0.4, -0.2) is 38.2 Å². The molecule has 2 rings (SSSR count). The highest BCUT2D eigenvalue weighted by molar-refractivity contribution is 6.76. The molecule has 5 nitrogen and oxygen atoms in total. The molecule has 1 aliphatic heterocycles. The number of ether oxygens (including phenoxy) is 1. The molecule has 1 aromatic rings. The number of anilines is 2. The number of carboxylic acids is 1. The number of aliphatic carboxylic acids is 1. The van der Waals surface area contributed by atoms with Gasteiger partial charge in [-0.15, -0.1) is 0 Å². The lowest BCUT2D eigenvalue weighted by atomic mass is 10.2. The topological polar surface area (TPSA) is 61.8 Å². The van der Waals surface area contributed by atoms with Gasteiger partial charge < -0.3 is 20.1 Å². The Morgan fingerprint density at radius 3 is 2.86 bits per heavy atom. The Bertz CT molecular complexity index is 530. The van der Waals surface area contributed by atoms with Crippen LogP contribution in [0.3, 0.4) is 0 Å². The number of hydrogen-bond donors (Lipinski definition) is 2. The van der Waals surface area contributed by atoms with Gasteiger partial charge in [-0.1, -0.05) is 25.7 Å². The Labute approximate surface area is 126 Å². The van der Waals surface area contributed by atoms with Gasteiger partial charge in [0.1, 0.15) is 6.73 Å². The number of rotatable bonds is 6. The fourth-order valence-corrected chi connectivity index (χ4v) is 2.98. The summed E-state index contributed by atoms with van der Waals surface area (Å²) >= 11 is 0. The zero-order chi connectivity index (χ0) is 15.7. The molecule has 0 fully saturated rings. The molecule has 0 aromatic heterocycles. The van der Waals surface area contributed by atoms with Crippen LogP contribution in [-0.2, 0) is 9.53 Å². The predicted molar refractivity (Wildman–Crippen MR) is 86.4 cm³/mol. The summed E-state index contributed by atoms with van der Waals surface area (Å²) in [6, 6.07) is 9.44. The number of nitrogens with zero attached hydrogens (tertiary/aromatic N) is 1. The summed E-state index contributed by atoms with van der Waals surface area (Å²) in [6.07, 6.45) is 0. The zero-order valence-corrected chi connectivity index (χ0v) is 14.1. The number of nitrogens with one attached hydrogen (secondary N) is 1. The highest BCUT2D eigenvalue weighted by Crippen LogP contribution is 2.39. The minimum absolute atomic E-state index is 0.255. The Morgan fingerprint density at radius 2 is 2.24 bits per heavy atom. The van der Waals surface area contributed by atoms with Crippen LogP contribution in [0, 0.1) is 6.07 Å². The first-order chi connectivity index (χ1) is 9.74. The van der Waals surface area contributed by atoms with Gasteiger partial charge in [0, 0.05) is 14.7 Å². The van der Waals surface area contributed by atoms with Crippen LogP contribution in [0.25, 0.3) is 0 Å². The van der Waals surface area contributed by atoms with Crippen molar-refractivity contribution in [2.45, 2.75) is 38.3 Å². The Hall–Kier alpha value is -1.53. The third-order valence-electron chi connectivity index (χ3n) is 3.68. The summed E-state index contributed by atoms with van der Waals surface area (Å²) in [6.45, 7) is 9.44. The van der Waals surface area contributed by atoms with Crippen LogP contribution in [0.15, 0.2) is 18.2 Å². The fraction of sp³-hybridized carbons (Fsp3) is 0.533. The lowest BCUT2D eigenvalue weighted by Crippen LogP contribution is -2.55. The average molecular weight is 307 g/mol. The Balaban J connectivity index is 2.09. The van der Waals surface area contributed by atoms with Crippen molar-refractivity contribution in [2.24, 2.45) is 0 Å². The van der Waals surface area contributed by atoms with Gasteiger partial charge >= 0.3 is 5.97 Å². The molecule has 1 unspecified atom stereocenters. The first-order valence-electron chi connectivity index (χ1n) is 7.11. The van der Waals surface area contributed by atoms with E-state index in [2.05, 4.69) is 31.0 Å². The number of carboxylic acid groups (broad SMARTS) is 1. The molecule has 0 spiro atoms. The van der Waals surface area contributed by atoms with Crippen LogP contribution >= 0.6 is 0 Å². The van der Waals surface area contributed by atoms with Gasteiger partial charge in [0.05, 0.1) is 11.4 Å². The van der Waals surface area contributed by atoms with Crippen LogP contribution in [0.1, 0.15) is 6.92 Å². The molecule has 1 atom stereocenters. The molecule has 1 radical (unpaired) electrons. The molecule has 0 aliphatic carbocycles. The van der Waals surface area contributed by atoms with E-state index in [0.29, 0.717) is 6.61 Å². The van der Waals surface area contributed by atoms with Crippen molar-refractivity contribution in [1.82, 2.24) is 0 Å². The summed E-state index contributed by atoms with van der Waals surface area (Å²) in [7, 11) is -1.14. The minimum atomic E-state index is -1.18.